The van der Waals surface area contributed by atoms with Gasteiger partial charge in [0, 0.05) is 13.1 Å². The largest absolute Gasteiger partial charge is 0.360 e. The Balaban J connectivity index is 1.86. The van der Waals surface area contributed by atoms with E-state index in [0.29, 0.717) is 19.6 Å². The molecule has 148 valence electrons. The van der Waals surface area contributed by atoms with Crippen molar-refractivity contribution in [3.05, 3.63) is 60.2 Å². The molecule has 0 bridgehead atoms. The number of anilines is 2. The van der Waals surface area contributed by atoms with Crippen molar-refractivity contribution in [1.82, 2.24) is 5.32 Å². The summed E-state index contributed by atoms with van der Waals surface area (Å²) in [6, 6.07) is 17.9. The van der Waals surface area contributed by atoms with E-state index >= 15 is 0 Å². The van der Waals surface area contributed by atoms with E-state index in [4.69, 9.17) is 0 Å². The number of nitrogens with one attached hydrogen (secondary N) is 1. The minimum absolute atomic E-state index is 0.000545. The Morgan fingerprint density at radius 2 is 1.75 bits per heavy atom. The molecule has 0 aliphatic carbocycles. The van der Waals surface area contributed by atoms with Crippen molar-refractivity contribution in [3.63, 3.8) is 0 Å². The highest BCUT2D eigenvalue weighted by Crippen LogP contribution is 2.34. The van der Waals surface area contributed by atoms with Crippen molar-refractivity contribution in [2.45, 2.75) is 33.2 Å². The zero-order chi connectivity index (χ0) is 19.9. The smallest absolute Gasteiger partial charge is 0.239 e. The van der Waals surface area contributed by atoms with Crippen LogP contribution < -0.4 is 15.1 Å². The van der Waals surface area contributed by atoms with Gasteiger partial charge in [-0.25, -0.2) is 0 Å². The number of amides is 2. The topological polar surface area (TPSA) is 52.7 Å². The number of hydrogen-bond donors (Lipinski definition) is 1. The molecule has 0 saturated heterocycles. The summed E-state index contributed by atoms with van der Waals surface area (Å²) in [4.78, 5) is 29.5. The van der Waals surface area contributed by atoms with Crippen LogP contribution in [-0.4, -0.2) is 31.4 Å². The molecule has 3 rings (SSSR count). The lowest BCUT2D eigenvalue weighted by molar-refractivity contribution is -0.122. The number of carbonyl (C=O) groups excluding carboxylic acids is 2. The summed E-state index contributed by atoms with van der Waals surface area (Å²) in [5.41, 5.74) is 2.88. The van der Waals surface area contributed by atoms with E-state index < -0.39 is 0 Å². The highest BCUT2D eigenvalue weighted by Gasteiger charge is 2.31. The number of para-hydroxylation sites is 2. The van der Waals surface area contributed by atoms with Gasteiger partial charge in [0.1, 0.15) is 0 Å². The van der Waals surface area contributed by atoms with Gasteiger partial charge in [0.05, 0.1) is 30.4 Å². The van der Waals surface area contributed by atoms with E-state index in [0.717, 1.165) is 29.8 Å². The maximum Gasteiger partial charge on any atom is 0.239 e. The van der Waals surface area contributed by atoms with Gasteiger partial charge in [0.2, 0.25) is 11.8 Å². The van der Waals surface area contributed by atoms with Crippen LogP contribution in [0, 0.1) is 5.92 Å². The highest BCUT2D eigenvalue weighted by atomic mass is 16.2. The Hall–Kier alpha value is -2.82. The molecule has 1 heterocycles. The van der Waals surface area contributed by atoms with Crippen LogP contribution in [0.5, 0.6) is 0 Å². The first-order chi connectivity index (χ1) is 13.6. The van der Waals surface area contributed by atoms with Crippen LogP contribution in [0.3, 0.4) is 0 Å². The molecule has 5 nitrogen and oxygen atoms in total. The summed E-state index contributed by atoms with van der Waals surface area (Å²) in [6.45, 7) is 6.05. The van der Waals surface area contributed by atoms with Crippen LogP contribution >= 0.6 is 0 Å². The zero-order valence-electron chi connectivity index (χ0n) is 16.7. The van der Waals surface area contributed by atoms with Gasteiger partial charge in [0.15, 0.2) is 0 Å². The van der Waals surface area contributed by atoms with E-state index in [1.807, 2.05) is 71.3 Å². The van der Waals surface area contributed by atoms with Crippen LogP contribution in [0.4, 0.5) is 11.4 Å². The number of carbonyl (C=O) groups is 2. The van der Waals surface area contributed by atoms with Gasteiger partial charge < -0.3 is 15.1 Å². The molecule has 1 atom stereocenters. The average Bonchev–Trinajstić information content (AvgIpc) is 2.80. The Labute approximate surface area is 167 Å². The van der Waals surface area contributed by atoms with Crippen molar-refractivity contribution >= 4 is 23.2 Å². The second-order valence-corrected chi connectivity index (χ2v) is 7.38. The maximum absolute atomic E-state index is 13.2. The molecule has 0 unspecified atom stereocenters. The Kier molecular flexibility index (Phi) is 6.69. The van der Waals surface area contributed by atoms with Gasteiger partial charge in [-0.1, -0.05) is 62.7 Å². The minimum Gasteiger partial charge on any atom is -0.360 e. The molecule has 1 aliphatic rings. The minimum atomic E-state index is -0.195. The van der Waals surface area contributed by atoms with Crippen molar-refractivity contribution in [1.29, 1.82) is 0 Å². The molecule has 28 heavy (non-hydrogen) atoms. The van der Waals surface area contributed by atoms with Crippen LogP contribution in [0.25, 0.3) is 0 Å². The Bertz CT molecular complexity index is 807. The first-order valence-corrected chi connectivity index (χ1v) is 10.1. The third kappa shape index (κ3) is 4.71. The summed E-state index contributed by atoms with van der Waals surface area (Å²) in [6.07, 6.45) is 2.02. The van der Waals surface area contributed by atoms with Gasteiger partial charge in [-0.15, -0.1) is 0 Å². The molecule has 0 radical (unpaired) electrons. The Morgan fingerprint density at radius 1 is 1.07 bits per heavy atom. The van der Waals surface area contributed by atoms with Crippen LogP contribution in [0.15, 0.2) is 54.6 Å². The van der Waals surface area contributed by atoms with Gasteiger partial charge in [-0.2, -0.15) is 0 Å². The van der Waals surface area contributed by atoms with E-state index in [1.165, 1.54) is 0 Å². The molecular weight excluding hydrogens is 350 g/mol. The van der Waals surface area contributed by atoms with E-state index in [-0.39, 0.29) is 24.3 Å². The lowest BCUT2D eigenvalue weighted by atomic mass is 10.1. The second kappa shape index (κ2) is 9.40. The first kappa shape index (κ1) is 19.9. The highest BCUT2D eigenvalue weighted by molar-refractivity contribution is 6.00. The molecule has 2 amide bonds. The quantitative estimate of drug-likeness (QED) is 0.748. The normalized spacial score (nSPS) is 16.5. The fraction of sp³-hybridized carbons (Fsp3) is 0.391. The van der Waals surface area contributed by atoms with Crippen molar-refractivity contribution in [2.24, 2.45) is 5.92 Å². The molecule has 0 aromatic heterocycles. The van der Waals surface area contributed by atoms with Gasteiger partial charge in [-0.3, -0.25) is 9.59 Å². The van der Waals surface area contributed by atoms with E-state index in [2.05, 4.69) is 12.2 Å². The molecule has 0 fully saturated rings. The number of hydrogen-bond acceptors (Lipinski definition) is 3. The predicted octanol–water partition coefficient (Wildman–Crippen LogP) is 3.59. The zero-order valence-corrected chi connectivity index (χ0v) is 16.7. The van der Waals surface area contributed by atoms with Gasteiger partial charge in [-0.05, 0) is 24.1 Å². The van der Waals surface area contributed by atoms with Crippen molar-refractivity contribution < 1.29 is 9.59 Å². The monoisotopic (exact) mass is 379 g/mol. The van der Waals surface area contributed by atoms with Crippen molar-refractivity contribution in [2.75, 3.05) is 29.4 Å². The molecule has 2 aromatic carbocycles. The fourth-order valence-electron chi connectivity index (χ4n) is 3.56. The number of benzene rings is 2. The summed E-state index contributed by atoms with van der Waals surface area (Å²) in [5.74, 6) is -0.107. The lowest BCUT2D eigenvalue weighted by Gasteiger charge is -2.26. The lowest BCUT2D eigenvalue weighted by Crippen LogP contribution is -2.40. The number of nitrogens with zero attached hydrogens (tertiary/aromatic N) is 2. The Morgan fingerprint density at radius 3 is 2.46 bits per heavy atom. The molecule has 0 spiro atoms. The van der Waals surface area contributed by atoms with E-state index in [9.17, 15) is 9.59 Å². The van der Waals surface area contributed by atoms with Gasteiger partial charge in [0.25, 0.3) is 0 Å². The summed E-state index contributed by atoms with van der Waals surface area (Å²) in [7, 11) is 0. The standard InChI is InChI=1S/C23H29N3O2/c1-3-4-14-24-22(27)17-25-15-18(2)23(28)26(16-19-10-6-5-7-11-19)21-13-9-8-12-20(21)25/h5-13,18H,3-4,14-17H2,1-2H3,(H,24,27)/t18-/m1/s1. The molecular formula is C23H29N3O2. The summed E-state index contributed by atoms with van der Waals surface area (Å²) in [5, 5.41) is 2.98. The molecule has 0 saturated carbocycles. The number of rotatable bonds is 7. The summed E-state index contributed by atoms with van der Waals surface area (Å²) < 4.78 is 0. The average molecular weight is 380 g/mol. The second-order valence-electron chi connectivity index (χ2n) is 7.38. The molecule has 5 heteroatoms. The molecule has 1 aliphatic heterocycles. The van der Waals surface area contributed by atoms with Crippen LogP contribution in [0.1, 0.15) is 32.3 Å². The number of fused-ring (bicyclic) bond motifs is 1. The van der Waals surface area contributed by atoms with Gasteiger partial charge >= 0.3 is 0 Å². The maximum atomic E-state index is 13.2. The fourth-order valence-corrected chi connectivity index (χ4v) is 3.56. The summed E-state index contributed by atoms with van der Waals surface area (Å²) >= 11 is 0. The predicted molar refractivity (Wildman–Crippen MR) is 113 cm³/mol. The molecule has 2 aromatic rings. The molecule has 1 N–H and O–H groups in total. The first-order valence-electron chi connectivity index (χ1n) is 10.1. The van der Waals surface area contributed by atoms with E-state index in [1.54, 1.807) is 0 Å². The third-order valence-electron chi connectivity index (χ3n) is 5.07. The van der Waals surface area contributed by atoms with Crippen LogP contribution in [-0.2, 0) is 16.1 Å². The van der Waals surface area contributed by atoms with Crippen molar-refractivity contribution in [3.8, 4) is 0 Å². The van der Waals surface area contributed by atoms with Crippen LogP contribution in [0.2, 0.25) is 0 Å². The SMILES string of the molecule is CCCCNC(=O)CN1C[C@@H](C)C(=O)N(Cc2ccccc2)c2ccccc21. The third-order valence-corrected chi connectivity index (χ3v) is 5.07. The number of unbranched alkanes of at least 4 members (excludes halogenated alkanes) is 1.